The second kappa shape index (κ2) is 6.75. The van der Waals surface area contributed by atoms with Crippen LogP contribution in [-0.2, 0) is 16.1 Å². The molecule has 1 amide bonds. The molecule has 2 heterocycles. The molecule has 26 heavy (non-hydrogen) atoms. The van der Waals surface area contributed by atoms with Gasteiger partial charge in [-0.05, 0) is 17.2 Å². The molecule has 2 aromatic rings. The Morgan fingerprint density at radius 1 is 1.15 bits per heavy atom. The van der Waals surface area contributed by atoms with E-state index < -0.39 is 23.1 Å². The first-order valence-corrected chi connectivity index (χ1v) is 8.53. The normalized spacial score (nSPS) is 17.7. The van der Waals surface area contributed by atoms with E-state index in [0.29, 0.717) is 12.1 Å². The Kier molecular flexibility index (Phi) is 4.64. The Morgan fingerprint density at radius 2 is 1.85 bits per heavy atom. The fourth-order valence-corrected chi connectivity index (χ4v) is 3.12. The summed E-state index contributed by atoms with van der Waals surface area (Å²) in [6.07, 6.45) is 3.26. The summed E-state index contributed by atoms with van der Waals surface area (Å²) in [5.41, 5.74) is 1.05. The van der Waals surface area contributed by atoms with E-state index in [1.54, 1.807) is 39.2 Å². The van der Waals surface area contributed by atoms with Crippen LogP contribution in [0, 0.1) is 5.41 Å². The molecule has 0 unspecified atom stereocenters. The lowest BCUT2D eigenvalue weighted by Gasteiger charge is -2.28. The number of pyridine rings is 1. The van der Waals surface area contributed by atoms with Crippen molar-refractivity contribution in [3.63, 3.8) is 0 Å². The van der Waals surface area contributed by atoms with Crippen molar-refractivity contribution in [1.29, 1.82) is 0 Å². The number of aliphatic hydroxyl groups is 1. The van der Waals surface area contributed by atoms with Crippen LogP contribution < -0.4 is 0 Å². The number of aliphatic hydroxyl groups excluding tert-OH is 1. The number of rotatable bonds is 4. The van der Waals surface area contributed by atoms with Gasteiger partial charge in [-0.15, -0.1) is 0 Å². The molecule has 1 aromatic carbocycles. The van der Waals surface area contributed by atoms with E-state index in [2.05, 4.69) is 4.98 Å². The summed E-state index contributed by atoms with van der Waals surface area (Å²) in [6.45, 7) is 5.63. The molecule has 1 aliphatic heterocycles. The maximum atomic E-state index is 13.0. The number of amides is 1. The van der Waals surface area contributed by atoms with E-state index in [1.807, 2.05) is 36.4 Å². The number of aromatic nitrogens is 1. The lowest BCUT2D eigenvalue weighted by Crippen LogP contribution is -2.32. The highest BCUT2D eigenvalue weighted by atomic mass is 16.3. The van der Waals surface area contributed by atoms with Crippen LogP contribution in [0.5, 0.6) is 0 Å². The van der Waals surface area contributed by atoms with Crippen LogP contribution in [0.1, 0.15) is 37.9 Å². The molecular weight excluding hydrogens is 328 g/mol. The Labute approximate surface area is 153 Å². The molecule has 0 bridgehead atoms. The second-order valence-electron chi connectivity index (χ2n) is 7.45. The van der Waals surface area contributed by atoms with Gasteiger partial charge in [-0.3, -0.25) is 14.6 Å². The van der Waals surface area contributed by atoms with Crippen LogP contribution in [0.3, 0.4) is 0 Å². The first-order chi connectivity index (χ1) is 12.3. The second-order valence-corrected chi connectivity index (χ2v) is 7.45. The lowest BCUT2D eigenvalue weighted by atomic mass is 9.82. The Balaban J connectivity index is 2.08. The Bertz CT molecular complexity index is 852. The van der Waals surface area contributed by atoms with Crippen LogP contribution in [0.15, 0.2) is 66.2 Å². The van der Waals surface area contributed by atoms with Crippen molar-refractivity contribution >= 4 is 11.7 Å². The van der Waals surface area contributed by atoms with E-state index in [0.717, 1.165) is 5.56 Å². The number of nitrogens with zero attached hydrogens (tertiary/aromatic N) is 2. The smallest absolute Gasteiger partial charge is 0.290 e. The first kappa shape index (κ1) is 17.9. The third-order valence-electron chi connectivity index (χ3n) is 4.43. The van der Waals surface area contributed by atoms with Crippen LogP contribution in [0.4, 0.5) is 0 Å². The highest BCUT2D eigenvalue weighted by Crippen LogP contribution is 2.41. The average Bonchev–Trinajstić information content (AvgIpc) is 2.87. The van der Waals surface area contributed by atoms with Crippen LogP contribution in [0.25, 0.3) is 0 Å². The van der Waals surface area contributed by atoms with Crippen molar-refractivity contribution in [3.05, 3.63) is 77.3 Å². The largest absolute Gasteiger partial charge is 0.503 e. The van der Waals surface area contributed by atoms with E-state index in [9.17, 15) is 14.7 Å². The maximum absolute atomic E-state index is 13.0. The summed E-state index contributed by atoms with van der Waals surface area (Å²) < 4.78 is 0. The van der Waals surface area contributed by atoms with Crippen LogP contribution in [-0.4, -0.2) is 26.7 Å². The number of carbonyl (C=O) groups is 2. The molecule has 0 aliphatic carbocycles. The van der Waals surface area contributed by atoms with Gasteiger partial charge in [0.2, 0.25) is 0 Å². The molecule has 0 fully saturated rings. The summed E-state index contributed by atoms with van der Waals surface area (Å²) in [7, 11) is 0. The van der Waals surface area contributed by atoms with Gasteiger partial charge in [-0.25, -0.2) is 0 Å². The van der Waals surface area contributed by atoms with Crippen molar-refractivity contribution in [1.82, 2.24) is 9.88 Å². The van der Waals surface area contributed by atoms with Gasteiger partial charge in [0.1, 0.15) is 0 Å². The summed E-state index contributed by atoms with van der Waals surface area (Å²) in [5, 5.41) is 10.5. The predicted octanol–water partition coefficient (Wildman–Crippen LogP) is 3.59. The quantitative estimate of drug-likeness (QED) is 0.915. The molecule has 5 nitrogen and oxygen atoms in total. The van der Waals surface area contributed by atoms with Crippen molar-refractivity contribution in [2.75, 3.05) is 0 Å². The molecule has 5 heteroatoms. The molecular formula is C21H22N2O3. The molecule has 0 saturated carbocycles. The van der Waals surface area contributed by atoms with Gasteiger partial charge in [-0.2, -0.15) is 0 Å². The fourth-order valence-electron chi connectivity index (χ4n) is 3.12. The number of hydrogen-bond donors (Lipinski definition) is 1. The third kappa shape index (κ3) is 3.25. The standard InChI is InChI=1S/C21H22N2O3/c1-21(2,3)19(25)16-17(15-10-7-11-22-12-15)23(20(26)18(16)24)13-14-8-5-4-6-9-14/h4-12,17,24H,13H2,1-3H3/t17-/m1/s1. The fraction of sp³-hybridized carbons (Fsp3) is 0.286. The lowest BCUT2D eigenvalue weighted by molar-refractivity contribution is -0.130. The molecule has 0 radical (unpaired) electrons. The van der Waals surface area contributed by atoms with Gasteiger partial charge in [0.25, 0.3) is 5.91 Å². The summed E-state index contributed by atoms with van der Waals surface area (Å²) >= 11 is 0. The number of Topliss-reactive ketones (excluding diaryl/α,β-unsaturated/α-hetero) is 1. The molecule has 1 atom stereocenters. The topological polar surface area (TPSA) is 70.5 Å². The van der Waals surface area contributed by atoms with E-state index >= 15 is 0 Å². The molecule has 1 aromatic heterocycles. The zero-order valence-electron chi connectivity index (χ0n) is 15.1. The van der Waals surface area contributed by atoms with Crippen LogP contribution >= 0.6 is 0 Å². The Hall–Kier alpha value is -2.95. The van der Waals surface area contributed by atoms with Crippen molar-refractivity contribution < 1.29 is 14.7 Å². The predicted molar refractivity (Wildman–Crippen MR) is 98.1 cm³/mol. The van der Waals surface area contributed by atoms with E-state index in [1.165, 1.54) is 4.90 Å². The minimum absolute atomic E-state index is 0.145. The molecule has 0 spiro atoms. The molecule has 3 rings (SSSR count). The average molecular weight is 350 g/mol. The number of benzene rings is 1. The Morgan fingerprint density at radius 3 is 2.42 bits per heavy atom. The SMILES string of the molecule is CC(C)(C)C(=O)C1=C(O)C(=O)N(Cc2ccccc2)[C@@H]1c1cccnc1. The van der Waals surface area contributed by atoms with E-state index in [4.69, 9.17) is 0 Å². The zero-order chi connectivity index (χ0) is 18.9. The van der Waals surface area contributed by atoms with Crippen LogP contribution in [0.2, 0.25) is 0 Å². The maximum Gasteiger partial charge on any atom is 0.290 e. The molecule has 134 valence electrons. The van der Waals surface area contributed by atoms with Crippen molar-refractivity contribution in [3.8, 4) is 0 Å². The highest BCUT2D eigenvalue weighted by Gasteiger charge is 2.45. The first-order valence-electron chi connectivity index (χ1n) is 8.53. The van der Waals surface area contributed by atoms with Gasteiger partial charge >= 0.3 is 0 Å². The molecule has 0 saturated heterocycles. The number of hydrogen-bond acceptors (Lipinski definition) is 4. The summed E-state index contributed by atoms with van der Waals surface area (Å²) in [4.78, 5) is 31.4. The monoisotopic (exact) mass is 350 g/mol. The van der Waals surface area contributed by atoms with Crippen molar-refractivity contribution in [2.45, 2.75) is 33.4 Å². The van der Waals surface area contributed by atoms with Gasteiger partial charge < -0.3 is 10.0 Å². The van der Waals surface area contributed by atoms with E-state index in [-0.39, 0.29) is 11.4 Å². The molecule has 1 N–H and O–H groups in total. The summed E-state index contributed by atoms with van der Waals surface area (Å²) in [6, 6.07) is 12.4. The zero-order valence-corrected chi connectivity index (χ0v) is 15.1. The highest BCUT2D eigenvalue weighted by molar-refractivity contribution is 6.10. The number of ketones is 1. The van der Waals surface area contributed by atoms with Gasteiger partial charge in [0.05, 0.1) is 11.6 Å². The van der Waals surface area contributed by atoms with Gasteiger partial charge in [-0.1, -0.05) is 57.2 Å². The minimum atomic E-state index is -0.715. The minimum Gasteiger partial charge on any atom is -0.503 e. The number of carbonyl (C=O) groups excluding carboxylic acids is 2. The van der Waals surface area contributed by atoms with Gasteiger partial charge in [0, 0.05) is 24.4 Å². The molecule has 1 aliphatic rings. The third-order valence-corrected chi connectivity index (χ3v) is 4.43. The van der Waals surface area contributed by atoms with Gasteiger partial charge in [0.15, 0.2) is 11.5 Å². The van der Waals surface area contributed by atoms with Crippen molar-refractivity contribution in [2.24, 2.45) is 5.41 Å². The summed E-state index contributed by atoms with van der Waals surface area (Å²) in [5.74, 6) is -1.24.